The topological polar surface area (TPSA) is 42.2 Å². The number of aryl methyl sites for hydroxylation is 2. The van der Waals surface area contributed by atoms with Gasteiger partial charge in [0.05, 0.1) is 10.8 Å². The highest BCUT2D eigenvalue weighted by molar-refractivity contribution is 7.15. The first-order valence-corrected chi connectivity index (χ1v) is 9.67. The number of benzene rings is 1. The van der Waals surface area contributed by atoms with Crippen LogP contribution in [0.15, 0.2) is 40.8 Å². The Kier molecular flexibility index (Phi) is 4.68. The normalized spacial score (nSPS) is 18.6. The van der Waals surface area contributed by atoms with Gasteiger partial charge in [-0.2, -0.15) is 0 Å². The highest BCUT2D eigenvalue weighted by atomic mass is 32.1. The number of rotatable bonds is 4. The van der Waals surface area contributed by atoms with E-state index in [9.17, 15) is 0 Å². The predicted molar refractivity (Wildman–Crippen MR) is 101 cm³/mol. The van der Waals surface area contributed by atoms with Crippen LogP contribution in [-0.4, -0.2) is 28.2 Å². The summed E-state index contributed by atoms with van der Waals surface area (Å²) in [5, 5.41) is 8.62. The van der Waals surface area contributed by atoms with Crippen LogP contribution in [0.2, 0.25) is 0 Å². The monoisotopic (exact) mass is 353 g/mol. The Labute approximate surface area is 152 Å². The quantitative estimate of drug-likeness (QED) is 0.676. The Bertz CT molecular complexity index is 854. The summed E-state index contributed by atoms with van der Waals surface area (Å²) < 4.78 is 6.00. The van der Waals surface area contributed by atoms with Crippen molar-refractivity contribution in [2.45, 2.75) is 39.2 Å². The Morgan fingerprint density at radius 2 is 2.12 bits per heavy atom. The Balaban J connectivity index is 1.45. The molecule has 1 fully saturated rings. The highest BCUT2D eigenvalue weighted by Gasteiger charge is 2.26. The van der Waals surface area contributed by atoms with Crippen molar-refractivity contribution < 1.29 is 4.42 Å². The number of hydrogen-bond acceptors (Lipinski definition) is 5. The van der Waals surface area contributed by atoms with Crippen LogP contribution >= 0.6 is 11.3 Å². The molecule has 5 heteroatoms. The van der Waals surface area contributed by atoms with Gasteiger partial charge in [-0.25, -0.2) is 0 Å². The third-order valence-corrected chi connectivity index (χ3v) is 5.72. The first kappa shape index (κ1) is 16.5. The first-order valence-electron chi connectivity index (χ1n) is 8.85. The van der Waals surface area contributed by atoms with Crippen molar-refractivity contribution in [2.75, 3.05) is 13.1 Å². The van der Waals surface area contributed by atoms with E-state index in [0.717, 1.165) is 36.8 Å². The van der Waals surface area contributed by atoms with Crippen LogP contribution in [0.4, 0.5) is 0 Å². The largest absolute Gasteiger partial charge is 0.420 e. The van der Waals surface area contributed by atoms with Crippen molar-refractivity contribution in [2.24, 2.45) is 0 Å². The van der Waals surface area contributed by atoms with Gasteiger partial charge in [0.25, 0.3) is 5.89 Å². The Morgan fingerprint density at radius 1 is 1.20 bits per heavy atom. The molecule has 0 unspecified atom stereocenters. The molecule has 0 radical (unpaired) electrons. The van der Waals surface area contributed by atoms with Gasteiger partial charge in [0, 0.05) is 18.0 Å². The van der Waals surface area contributed by atoms with Crippen LogP contribution in [0.1, 0.15) is 40.7 Å². The molecule has 130 valence electrons. The maximum Gasteiger partial charge on any atom is 0.257 e. The van der Waals surface area contributed by atoms with Crippen molar-refractivity contribution in [3.63, 3.8) is 0 Å². The van der Waals surface area contributed by atoms with Crippen LogP contribution in [0.25, 0.3) is 10.8 Å². The van der Waals surface area contributed by atoms with Crippen LogP contribution in [0, 0.1) is 13.8 Å². The lowest BCUT2D eigenvalue weighted by Gasteiger charge is -2.31. The summed E-state index contributed by atoms with van der Waals surface area (Å²) in [6.45, 7) is 7.35. The maximum absolute atomic E-state index is 6.00. The van der Waals surface area contributed by atoms with Gasteiger partial charge in [0.2, 0.25) is 5.89 Å². The molecule has 0 spiro atoms. The van der Waals surface area contributed by atoms with Crippen LogP contribution in [0.5, 0.6) is 0 Å². The third kappa shape index (κ3) is 3.83. The maximum atomic E-state index is 6.00. The number of hydrogen-bond donors (Lipinski definition) is 0. The lowest BCUT2D eigenvalue weighted by atomic mass is 9.97. The van der Waals surface area contributed by atoms with E-state index in [1.54, 1.807) is 11.3 Å². The molecular weight excluding hydrogens is 330 g/mol. The minimum absolute atomic E-state index is 0.334. The van der Waals surface area contributed by atoms with Crippen LogP contribution in [-0.2, 0) is 6.54 Å². The molecule has 1 aromatic carbocycles. The Morgan fingerprint density at radius 3 is 2.92 bits per heavy atom. The molecule has 0 bridgehead atoms. The summed E-state index contributed by atoms with van der Waals surface area (Å²) in [6, 6.07) is 12.9. The van der Waals surface area contributed by atoms with Gasteiger partial charge in [0.15, 0.2) is 0 Å². The molecule has 0 saturated carbocycles. The minimum Gasteiger partial charge on any atom is -0.420 e. The fourth-order valence-corrected chi connectivity index (χ4v) is 4.31. The molecular formula is C20H23N3OS. The lowest BCUT2D eigenvalue weighted by Crippen LogP contribution is -2.34. The van der Waals surface area contributed by atoms with Crippen molar-refractivity contribution in [3.05, 3.63) is 58.3 Å². The average molecular weight is 353 g/mol. The van der Waals surface area contributed by atoms with E-state index in [-0.39, 0.29) is 0 Å². The summed E-state index contributed by atoms with van der Waals surface area (Å²) in [5.74, 6) is 1.78. The second-order valence-electron chi connectivity index (χ2n) is 6.92. The summed E-state index contributed by atoms with van der Waals surface area (Å²) in [7, 11) is 0. The molecule has 25 heavy (non-hydrogen) atoms. The van der Waals surface area contributed by atoms with Gasteiger partial charge in [-0.15, -0.1) is 21.5 Å². The van der Waals surface area contributed by atoms with E-state index < -0.39 is 0 Å². The van der Waals surface area contributed by atoms with Gasteiger partial charge >= 0.3 is 0 Å². The zero-order valence-electron chi connectivity index (χ0n) is 14.7. The van der Waals surface area contributed by atoms with E-state index in [1.165, 1.54) is 22.4 Å². The number of piperidine rings is 1. The second-order valence-corrected chi connectivity index (χ2v) is 8.21. The van der Waals surface area contributed by atoms with Gasteiger partial charge < -0.3 is 4.42 Å². The average Bonchev–Trinajstić information content (AvgIpc) is 3.24. The molecule has 0 aliphatic carbocycles. The number of likely N-dealkylation sites (tertiary alicyclic amines) is 1. The van der Waals surface area contributed by atoms with Crippen molar-refractivity contribution in [3.8, 4) is 10.8 Å². The molecule has 1 aliphatic heterocycles. The number of aromatic nitrogens is 2. The van der Waals surface area contributed by atoms with E-state index >= 15 is 0 Å². The van der Waals surface area contributed by atoms with Crippen molar-refractivity contribution in [1.29, 1.82) is 0 Å². The van der Waals surface area contributed by atoms with Crippen LogP contribution < -0.4 is 0 Å². The van der Waals surface area contributed by atoms with E-state index in [2.05, 4.69) is 65.3 Å². The molecule has 3 heterocycles. The molecule has 3 aromatic rings. The zero-order valence-corrected chi connectivity index (χ0v) is 15.6. The van der Waals surface area contributed by atoms with Crippen LogP contribution in [0.3, 0.4) is 0 Å². The fraction of sp³-hybridized carbons (Fsp3) is 0.400. The Hall–Kier alpha value is -1.98. The second kappa shape index (κ2) is 7.10. The van der Waals surface area contributed by atoms with E-state index in [4.69, 9.17) is 4.42 Å². The van der Waals surface area contributed by atoms with Crippen molar-refractivity contribution >= 4 is 11.3 Å². The molecule has 0 amide bonds. The smallest absolute Gasteiger partial charge is 0.257 e. The summed E-state index contributed by atoms with van der Waals surface area (Å²) in [6.07, 6.45) is 2.29. The molecule has 4 nitrogen and oxygen atoms in total. The first-order chi connectivity index (χ1) is 12.2. The number of thiophene rings is 1. The van der Waals surface area contributed by atoms with E-state index in [1.807, 2.05) is 0 Å². The number of nitrogens with zero attached hydrogens (tertiary/aromatic N) is 3. The molecule has 0 N–H and O–H groups in total. The fourth-order valence-electron chi connectivity index (χ4n) is 3.52. The molecule has 2 aromatic heterocycles. The summed E-state index contributed by atoms with van der Waals surface area (Å²) >= 11 is 1.70. The molecule has 4 rings (SSSR count). The highest BCUT2D eigenvalue weighted by Crippen LogP contribution is 2.31. The predicted octanol–water partition coefficient (Wildman–Crippen LogP) is 4.79. The molecule has 1 atom stereocenters. The zero-order chi connectivity index (χ0) is 17.2. The van der Waals surface area contributed by atoms with Gasteiger partial charge in [-0.1, -0.05) is 29.8 Å². The minimum atomic E-state index is 0.334. The summed E-state index contributed by atoms with van der Waals surface area (Å²) in [5.41, 5.74) is 2.69. The van der Waals surface area contributed by atoms with E-state index in [0.29, 0.717) is 11.8 Å². The standard InChI is InChI=1S/C20H23N3OS/c1-14-5-3-6-16(11-14)12-23-10-4-7-17(13-23)19-21-22-20(24-19)18-9-8-15(2)25-18/h3,5-6,8-9,11,17H,4,7,10,12-13H2,1-2H3/t17-/m0/s1. The molecule has 1 saturated heterocycles. The SMILES string of the molecule is Cc1cccc(CN2CCC[C@H](c3nnc(-c4ccc(C)s4)o3)C2)c1. The van der Waals surface area contributed by atoms with Gasteiger partial charge in [0.1, 0.15) is 0 Å². The van der Waals surface area contributed by atoms with Gasteiger partial charge in [-0.05, 0) is 50.9 Å². The molecule has 1 aliphatic rings. The third-order valence-electron chi connectivity index (χ3n) is 4.74. The lowest BCUT2D eigenvalue weighted by molar-refractivity contribution is 0.186. The summed E-state index contributed by atoms with van der Waals surface area (Å²) in [4.78, 5) is 4.82. The van der Waals surface area contributed by atoms with Gasteiger partial charge in [-0.3, -0.25) is 4.90 Å². The van der Waals surface area contributed by atoms with Crippen molar-refractivity contribution in [1.82, 2.24) is 15.1 Å².